The van der Waals surface area contributed by atoms with E-state index in [0.717, 1.165) is 11.1 Å². The van der Waals surface area contributed by atoms with E-state index in [-0.39, 0.29) is 24.3 Å². The molecule has 0 atom stereocenters. The van der Waals surface area contributed by atoms with Crippen LogP contribution in [0.15, 0.2) is 23.4 Å². The van der Waals surface area contributed by atoms with Gasteiger partial charge in [-0.3, -0.25) is 4.79 Å². The van der Waals surface area contributed by atoms with Gasteiger partial charge in [0.2, 0.25) is 0 Å². The molecule has 0 aliphatic carbocycles. The summed E-state index contributed by atoms with van der Waals surface area (Å²) in [5, 5.41) is 11.6. The molecular formula is C14H19N3O3. The van der Waals surface area contributed by atoms with Crippen LogP contribution in [0.5, 0.6) is 0 Å². The van der Waals surface area contributed by atoms with Crippen molar-refractivity contribution in [3.8, 4) is 0 Å². The first-order valence-corrected chi connectivity index (χ1v) is 6.50. The van der Waals surface area contributed by atoms with Crippen molar-refractivity contribution in [1.82, 2.24) is 4.90 Å². The van der Waals surface area contributed by atoms with Gasteiger partial charge in [0.25, 0.3) is 5.91 Å². The first-order chi connectivity index (χ1) is 9.52. The zero-order valence-electron chi connectivity index (χ0n) is 11.7. The van der Waals surface area contributed by atoms with Crippen LogP contribution in [0.3, 0.4) is 0 Å². The van der Waals surface area contributed by atoms with E-state index in [1.54, 1.807) is 11.0 Å². The van der Waals surface area contributed by atoms with Gasteiger partial charge >= 0.3 is 0 Å². The quantitative estimate of drug-likeness (QED) is 0.376. The van der Waals surface area contributed by atoms with Crippen molar-refractivity contribution < 1.29 is 14.7 Å². The highest BCUT2D eigenvalue weighted by Crippen LogP contribution is 2.22. The molecule has 1 heterocycles. The van der Waals surface area contributed by atoms with Gasteiger partial charge in [0.15, 0.2) is 5.84 Å². The van der Waals surface area contributed by atoms with E-state index in [1.807, 2.05) is 26.0 Å². The smallest absolute Gasteiger partial charge is 0.254 e. The Morgan fingerprint density at radius 1 is 1.45 bits per heavy atom. The summed E-state index contributed by atoms with van der Waals surface area (Å²) in [4.78, 5) is 14.1. The Kier molecular flexibility index (Phi) is 4.24. The van der Waals surface area contributed by atoms with Gasteiger partial charge < -0.3 is 20.6 Å². The van der Waals surface area contributed by atoms with Gasteiger partial charge in [-0.2, -0.15) is 0 Å². The van der Waals surface area contributed by atoms with Crippen molar-refractivity contribution in [2.45, 2.75) is 33.1 Å². The van der Waals surface area contributed by atoms with Crippen LogP contribution >= 0.6 is 0 Å². The normalized spacial score (nSPS) is 14.4. The van der Waals surface area contributed by atoms with Crippen LogP contribution in [-0.2, 0) is 18.0 Å². The van der Waals surface area contributed by atoms with Crippen molar-refractivity contribution in [3.05, 3.63) is 34.9 Å². The van der Waals surface area contributed by atoms with Crippen LogP contribution in [0.2, 0.25) is 0 Å². The second-order valence-electron chi connectivity index (χ2n) is 5.09. The number of amidine groups is 1. The summed E-state index contributed by atoms with van der Waals surface area (Å²) in [7, 11) is 0. The summed E-state index contributed by atoms with van der Waals surface area (Å²) in [5.74, 6) is -0.127. The fraction of sp³-hybridized carbons (Fsp3) is 0.429. The monoisotopic (exact) mass is 277 g/mol. The molecule has 108 valence electrons. The molecule has 6 heteroatoms. The van der Waals surface area contributed by atoms with Crippen LogP contribution in [0.25, 0.3) is 0 Å². The number of benzene rings is 1. The average molecular weight is 277 g/mol. The highest BCUT2D eigenvalue weighted by Gasteiger charge is 2.22. The zero-order valence-corrected chi connectivity index (χ0v) is 11.7. The van der Waals surface area contributed by atoms with Crippen molar-refractivity contribution in [1.29, 1.82) is 0 Å². The molecule has 0 saturated carbocycles. The Bertz CT molecular complexity index is 540. The molecule has 0 saturated heterocycles. The van der Waals surface area contributed by atoms with Crippen molar-refractivity contribution >= 4 is 11.7 Å². The van der Waals surface area contributed by atoms with Crippen LogP contribution < -0.4 is 5.73 Å². The SMILES string of the molecule is CC(C)N(CC(N)=NO)C(=O)c1ccc2c(c1)COC2. The van der Waals surface area contributed by atoms with Crippen LogP contribution in [0.4, 0.5) is 0 Å². The van der Waals surface area contributed by atoms with Crippen LogP contribution in [0, 0.1) is 0 Å². The Balaban J connectivity index is 2.23. The summed E-state index contributed by atoms with van der Waals surface area (Å²) < 4.78 is 5.34. The lowest BCUT2D eigenvalue weighted by atomic mass is 10.1. The van der Waals surface area contributed by atoms with E-state index in [4.69, 9.17) is 15.7 Å². The molecule has 1 aromatic rings. The highest BCUT2D eigenvalue weighted by molar-refractivity contribution is 5.97. The molecule has 2 rings (SSSR count). The summed E-state index contributed by atoms with van der Waals surface area (Å²) in [6.45, 7) is 5.01. The number of oxime groups is 1. The lowest BCUT2D eigenvalue weighted by Crippen LogP contribution is -2.42. The number of nitrogens with zero attached hydrogens (tertiary/aromatic N) is 2. The summed E-state index contributed by atoms with van der Waals surface area (Å²) in [6, 6.07) is 5.51. The Morgan fingerprint density at radius 3 is 2.80 bits per heavy atom. The van der Waals surface area contributed by atoms with Crippen LogP contribution in [-0.4, -0.2) is 34.4 Å². The third-order valence-electron chi connectivity index (χ3n) is 3.31. The van der Waals surface area contributed by atoms with E-state index in [9.17, 15) is 4.79 Å². The second-order valence-corrected chi connectivity index (χ2v) is 5.09. The lowest BCUT2D eigenvalue weighted by Gasteiger charge is -2.26. The fourth-order valence-electron chi connectivity index (χ4n) is 2.17. The van der Waals surface area contributed by atoms with Gasteiger partial charge in [-0.15, -0.1) is 0 Å². The number of carbonyl (C=O) groups is 1. The molecule has 0 spiro atoms. The number of rotatable bonds is 4. The maximum absolute atomic E-state index is 12.5. The second kappa shape index (κ2) is 5.92. The minimum absolute atomic E-state index is 0.0107. The average Bonchev–Trinajstić information content (AvgIpc) is 2.90. The molecule has 1 amide bonds. The highest BCUT2D eigenvalue weighted by atomic mass is 16.5. The molecule has 0 radical (unpaired) electrons. The topological polar surface area (TPSA) is 88.1 Å². The molecule has 0 unspecified atom stereocenters. The molecule has 1 aliphatic heterocycles. The van der Waals surface area contributed by atoms with Crippen molar-refractivity contribution in [2.24, 2.45) is 10.9 Å². The number of hydrogen-bond donors (Lipinski definition) is 2. The maximum atomic E-state index is 12.5. The predicted molar refractivity (Wildman–Crippen MR) is 74.5 cm³/mol. The number of carbonyl (C=O) groups excluding carboxylic acids is 1. The van der Waals surface area contributed by atoms with E-state index in [1.165, 1.54) is 0 Å². The summed E-state index contributed by atoms with van der Waals surface area (Å²) >= 11 is 0. The van der Waals surface area contributed by atoms with Gasteiger partial charge in [-0.1, -0.05) is 11.2 Å². The largest absolute Gasteiger partial charge is 0.409 e. The minimum atomic E-state index is -0.138. The Hall–Kier alpha value is -2.08. The number of nitrogens with two attached hydrogens (primary N) is 1. The number of hydrogen-bond acceptors (Lipinski definition) is 4. The standard InChI is InChI=1S/C14H19N3O3/c1-9(2)17(6-13(15)16-19)14(18)10-3-4-11-7-20-8-12(11)5-10/h3-5,9,19H,6-8H2,1-2H3,(H2,15,16). The third kappa shape index (κ3) is 2.91. The molecule has 0 aromatic heterocycles. The van der Waals surface area contributed by atoms with Crippen molar-refractivity contribution in [3.63, 3.8) is 0 Å². The molecule has 1 aliphatic rings. The van der Waals surface area contributed by atoms with E-state index in [0.29, 0.717) is 18.8 Å². The van der Waals surface area contributed by atoms with Gasteiger partial charge in [-0.05, 0) is 37.1 Å². The third-order valence-corrected chi connectivity index (χ3v) is 3.31. The maximum Gasteiger partial charge on any atom is 0.254 e. The Labute approximate surface area is 117 Å². The van der Waals surface area contributed by atoms with E-state index >= 15 is 0 Å². The minimum Gasteiger partial charge on any atom is -0.409 e. The van der Waals surface area contributed by atoms with Crippen molar-refractivity contribution in [2.75, 3.05) is 6.54 Å². The number of ether oxygens (including phenoxy) is 1. The molecule has 0 fully saturated rings. The molecule has 0 bridgehead atoms. The zero-order chi connectivity index (χ0) is 14.7. The van der Waals surface area contributed by atoms with Gasteiger partial charge in [0.05, 0.1) is 19.8 Å². The first kappa shape index (κ1) is 14.3. The van der Waals surface area contributed by atoms with Crippen LogP contribution in [0.1, 0.15) is 35.3 Å². The molecule has 20 heavy (non-hydrogen) atoms. The molecular weight excluding hydrogens is 258 g/mol. The summed E-state index contributed by atoms with van der Waals surface area (Å²) in [5.41, 5.74) is 8.26. The number of fused-ring (bicyclic) bond motifs is 1. The lowest BCUT2D eigenvalue weighted by molar-refractivity contribution is 0.0734. The van der Waals surface area contributed by atoms with E-state index < -0.39 is 0 Å². The predicted octanol–water partition coefficient (Wildman–Crippen LogP) is 1.31. The molecule has 1 aromatic carbocycles. The number of amides is 1. The first-order valence-electron chi connectivity index (χ1n) is 6.50. The van der Waals surface area contributed by atoms with E-state index in [2.05, 4.69) is 5.16 Å². The Morgan fingerprint density at radius 2 is 2.15 bits per heavy atom. The fourth-order valence-corrected chi connectivity index (χ4v) is 2.17. The molecule has 6 nitrogen and oxygen atoms in total. The molecule has 3 N–H and O–H groups in total. The van der Waals surface area contributed by atoms with Gasteiger partial charge in [-0.25, -0.2) is 0 Å². The van der Waals surface area contributed by atoms with Gasteiger partial charge in [0, 0.05) is 11.6 Å². The van der Waals surface area contributed by atoms with Gasteiger partial charge in [0.1, 0.15) is 0 Å². The summed E-state index contributed by atoms with van der Waals surface area (Å²) in [6.07, 6.45) is 0.